The van der Waals surface area contributed by atoms with Gasteiger partial charge >= 0.3 is 10.1 Å². The number of halogens is 1. The quantitative estimate of drug-likeness (QED) is 0.471. The number of carbonyl (C=O) groups excluding carboxylic acids is 1. The number of benzene rings is 2. The van der Waals surface area contributed by atoms with Crippen LogP contribution >= 0.6 is 11.3 Å². The van der Waals surface area contributed by atoms with Crippen molar-refractivity contribution in [2.45, 2.75) is 24.3 Å². The summed E-state index contributed by atoms with van der Waals surface area (Å²) in [5, 5.41) is 1.86. The van der Waals surface area contributed by atoms with E-state index in [0.717, 1.165) is 37.1 Å². The molecule has 0 unspecified atom stereocenters. The first-order chi connectivity index (χ1) is 14.4. The Labute approximate surface area is 178 Å². The Morgan fingerprint density at radius 3 is 2.47 bits per heavy atom. The van der Waals surface area contributed by atoms with Gasteiger partial charge in [0, 0.05) is 18.7 Å². The fourth-order valence-electron chi connectivity index (χ4n) is 3.08. The van der Waals surface area contributed by atoms with E-state index in [1.54, 1.807) is 35.2 Å². The van der Waals surface area contributed by atoms with Crippen LogP contribution in [0.4, 0.5) is 4.39 Å². The first-order valence-electron chi connectivity index (χ1n) is 9.53. The van der Waals surface area contributed by atoms with E-state index in [0.29, 0.717) is 22.9 Å². The van der Waals surface area contributed by atoms with E-state index >= 15 is 0 Å². The molecule has 0 radical (unpaired) electrons. The predicted molar refractivity (Wildman–Crippen MR) is 112 cm³/mol. The molecule has 1 aromatic heterocycles. The zero-order valence-electron chi connectivity index (χ0n) is 16.0. The summed E-state index contributed by atoms with van der Waals surface area (Å²) < 4.78 is 43.8. The summed E-state index contributed by atoms with van der Waals surface area (Å²) in [6, 6.07) is 14.8. The van der Waals surface area contributed by atoms with Crippen molar-refractivity contribution in [3.05, 3.63) is 82.3 Å². The van der Waals surface area contributed by atoms with Crippen molar-refractivity contribution >= 4 is 27.4 Å². The number of para-hydroxylation sites is 1. The van der Waals surface area contributed by atoms with Gasteiger partial charge in [0.25, 0.3) is 5.91 Å². The van der Waals surface area contributed by atoms with Crippen LogP contribution in [0.1, 0.15) is 28.1 Å². The van der Waals surface area contributed by atoms with Gasteiger partial charge in [0.2, 0.25) is 0 Å². The van der Waals surface area contributed by atoms with E-state index < -0.39 is 15.9 Å². The van der Waals surface area contributed by atoms with Crippen LogP contribution in [0.2, 0.25) is 0 Å². The molecule has 0 N–H and O–H groups in total. The second kappa shape index (κ2) is 8.57. The van der Waals surface area contributed by atoms with E-state index in [4.69, 9.17) is 4.18 Å². The zero-order valence-corrected chi connectivity index (χ0v) is 17.7. The molecule has 5 nitrogen and oxygen atoms in total. The first-order valence-corrected chi connectivity index (χ1v) is 11.8. The number of carbonyl (C=O) groups is 1. The molecule has 1 amide bonds. The molecule has 3 aromatic rings. The Kier molecular flexibility index (Phi) is 5.87. The van der Waals surface area contributed by atoms with Crippen LogP contribution in [0.3, 0.4) is 0 Å². The largest absolute Gasteiger partial charge is 0.379 e. The number of thiophene rings is 1. The molecule has 4 rings (SSSR count). The SMILES string of the molecule is O=C(c1cccs1)N(Cc1ccccc1OS(=O)(=O)c1ccc(F)cc1)CC1CC1. The summed E-state index contributed by atoms with van der Waals surface area (Å²) in [5.41, 5.74) is 0.591. The van der Waals surface area contributed by atoms with Crippen LogP contribution in [0, 0.1) is 11.7 Å². The lowest BCUT2D eigenvalue weighted by Crippen LogP contribution is -2.32. The molecule has 0 atom stereocenters. The van der Waals surface area contributed by atoms with Gasteiger partial charge in [-0.2, -0.15) is 8.42 Å². The summed E-state index contributed by atoms with van der Waals surface area (Å²) in [5.74, 6) is 0.0248. The molecule has 1 aliphatic rings. The monoisotopic (exact) mass is 445 g/mol. The van der Waals surface area contributed by atoms with E-state index in [2.05, 4.69) is 0 Å². The van der Waals surface area contributed by atoms with Crippen molar-refractivity contribution in [3.8, 4) is 5.75 Å². The van der Waals surface area contributed by atoms with Gasteiger partial charge in [-0.1, -0.05) is 24.3 Å². The number of hydrogen-bond acceptors (Lipinski definition) is 5. The van der Waals surface area contributed by atoms with Gasteiger partial charge in [0.05, 0.1) is 4.88 Å². The van der Waals surface area contributed by atoms with Crippen LogP contribution in [0.25, 0.3) is 0 Å². The molecule has 0 aliphatic heterocycles. The molecular weight excluding hydrogens is 425 g/mol. The Morgan fingerprint density at radius 2 is 1.80 bits per heavy atom. The predicted octanol–water partition coefficient (Wildman–Crippen LogP) is 4.71. The second-order valence-electron chi connectivity index (χ2n) is 7.21. The lowest BCUT2D eigenvalue weighted by atomic mass is 10.1. The molecule has 1 saturated carbocycles. The smallest absolute Gasteiger partial charge is 0.339 e. The highest BCUT2D eigenvalue weighted by Crippen LogP contribution is 2.32. The van der Waals surface area contributed by atoms with Gasteiger partial charge in [-0.05, 0) is 60.5 Å². The third-order valence-corrected chi connectivity index (χ3v) is 6.94. The van der Waals surface area contributed by atoms with Gasteiger partial charge in [0.15, 0.2) is 0 Å². The minimum Gasteiger partial charge on any atom is -0.379 e. The molecule has 0 bridgehead atoms. The maximum Gasteiger partial charge on any atom is 0.339 e. The average Bonchev–Trinajstić information content (AvgIpc) is 3.37. The number of amides is 1. The van der Waals surface area contributed by atoms with Crippen LogP contribution < -0.4 is 4.18 Å². The molecule has 0 spiro atoms. The molecule has 8 heteroatoms. The molecule has 1 aliphatic carbocycles. The van der Waals surface area contributed by atoms with Crippen molar-refractivity contribution in [2.24, 2.45) is 5.92 Å². The molecular formula is C22H20FNO4S2. The molecule has 0 saturated heterocycles. The van der Waals surface area contributed by atoms with Crippen LogP contribution in [-0.2, 0) is 16.7 Å². The maximum absolute atomic E-state index is 13.1. The van der Waals surface area contributed by atoms with Crippen molar-refractivity contribution in [1.82, 2.24) is 4.90 Å². The fourth-order valence-corrected chi connectivity index (χ4v) is 4.73. The van der Waals surface area contributed by atoms with Crippen molar-refractivity contribution in [2.75, 3.05) is 6.54 Å². The Hall–Kier alpha value is -2.71. The first kappa shape index (κ1) is 20.6. The van der Waals surface area contributed by atoms with E-state index in [1.165, 1.54) is 11.3 Å². The van der Waals surface area contributed by atoms with Crippen molar-refractivity contribution in [3.63, 3.8) is 0 Å². The van der Waals surface area contributed by atoms with Crippen LogP contribution in [0.5, 0.6) is 5.75 Å². The summed E-state index contributed by atoms with van der Waals surface area (Å²) >= 11 is 1.38. The van der Waals surface area contributed by atoms with Crippen molar-refractivity contribution < 1.29 is 21.8 Å². The van der Waals surface area contributed by atoms with Gasteiger partial charge in [-0.15, -0.1) is 11.3 Å². The highest BCUT2D eigenvalue weighted by molar-refractivity contribution is 7.87. The highest BCUT2D eigenvalue weighted by Gasteiger charge is 2.29. The Balaban J connectivity index is 1.58. The van der Waals surface area contributed by atoms with E-state index in [9.17, 15) is 17.6 Å². The highest BCUT2D eigenvalue weighted by atomic mass is 32.2. The van der Waals surface area contributed by atoms with Gasteiger partial charge in [-0.25, -0.2) is 4.39 Å². The van der Waals surface area contributed by atoms with Gasteiger partial charge in [0.1, 0.15) is 16.5 Å². The maximum atomic E-state index is 13.1. The summed E-state index contributed by atoms with van der Waals surface area (Å²) in [7, 11) is -4.13. The third kappa shape index (κ3) is 4.88. The molecule has 30 heavy (non-hydrogen) atoms. The standard InChI is InChI=1S/C22H20FNO4S2/c23-18-9-11-19(12-10-18)30(26,27)28-20-5-2-1-4-17(20)15-24(14-16-7-8-16)22(25)21-6-3-13-29-21/h1-6,9-13,16H,7-8,14-15H2. The topological polar surface area (TPSA) is 63.7 Å². The molecule has 156 valence electrons. The number of rotatable bonds is 8. The lowest BCUT2D eigenvalue weighted by molar-refractivity contribution is 0.0739. The second-order valence-corrected chi connectivity index (χ2v) is 9.70. The Bertz CT molecular complexity index is 1120. The molecule has 1 heterocycles. The average molecular weight is 446 g/mol. The van der Waals surface area contributed by atoms with Crippen LogP contribution in [0.15, 0.2) is 70.9 Å². The zero-order chi connectivity index (χ0) is 21.1. The summed E-state index contributed by atoms with van der Waals surface area (Å²) in [6.07, 6.45) is 2.18. The Morgan fingerprint density at radius 1 is 1.07 bits per heavy atom. The summed E-state index contributed by atoms with van der Waals surface area (Å²) in [4.78, 5) is 15.2. The van der Waals surface area contributed by atoms with E-state index in [1.807, 2.05) is 11.4 Å². The minimum absolute atomic E-state index is 0.0758. The third-order valence-electron chi connectivity index (χ3n) is 4.83. The molecule has 1 fully saturated rings. The van der Waals surface area contributed by atoms with Crippen LogP contribution in [-0.4, -0.2) is 25.8 Å². The van der Waals surface area contributed by atoms with Gasteiger partial charge in [-0.3, -0.25) is 4.79 Å². The molecule has 2 aromatic carbocycles. The fraction of sp³-hybridized carbons (Fsp3) is 0.227. The lowest BCUT2D eigenvalue weighted by Gasteiger charge is -2.23. The normalized spacial score (nSPS) is 13.8. The van der Waals surface area contributed by atoms with Crippen molar-refractivity contribution in [1.29, 1.82) is 0 Å². The number of hydrogen-bond donors (Lipinski definition) is 0. The summed E-state index contributed by atoms with van der Waals surface area (Å²) in [6.45, 7) is 0.859. The van der Waals surface area contributed by atoms with Gasteiger partial charge < -0.3 is 9.08 Å². The minimum atomic E-state index is -4.13. The number of nitrogens with zero attached hydrogens (tertiary/aromatic N) is 1. The van der Waals surface area contributed by atoms with E-state index in [-0.39, 0.29) is 23.1 Å².